The highest BCUT2D eigenvalue weighted by atomic mass is 32.2. The SMILES string of the molecule is O=C1CCc2cc(OCCCS(=O)c3nccn3-c3ccccc3F)ccc2N1. The molecule has 3 aromatic rings. The normalized spacial score (nSPS) is 14.2. The average Bonchev–Trinajstić information content (AvgIpc) is 3.21. The second kappa shape index (κ2) is 8.57. The van der Waals surface area contributed by atoms with Crippen molar-refractivity contribution in [2.45, 2.75) is 24.4 Å². The lowest BCUT2D eigenvalue weighted by molar-refractivity contribution is -0.116. The number of para-hydroxylation sites is 1. The molecule has 1 aliphatic heterocycles. The number of hydrogen-bond donors (Lipinski definition) is 1. The molecule has 0 bridgehead atoms. The molecule has 4 rings (SSSR count). The molecule has 1 amide bonds. The highest BCUT2D eigenvalue weighted by molar-refractivity contribution is 7.84. The van der Waals surface area contributed by atoms with E-state index in [1.54, 1.807) is 24.4 Å². The van der Waals surface area contributed by atoms with Crippen molar-refractivity contribution in [2.24, 2.45) is 0 Å². The van der Waals surface area contributed by atoms with Crippen LogP contribution < -0.4 is 10.1 Å². The molecule has 0 saturated carbocycles. The number of benzene rings is 2. The van der Waals surface area contributed by atoms with Gasteiger partial charge >= 0.3 is 0 Å². The Labute approximate surface area is 170 Å². The number of fused-ring (bicyclic) bond motifs is 1. The molecule has 0 aliphatic carbocycles. The van der Waals surface area contributed by atoms with E-state index in [0.717, 1.165) is 17.0 Å². The first-order valence-electron chi connectivity index (χ1n) is 9.34. The first-order valence-corrected chi connectivity index (χ1v) is 10.7. The summed E-state index contributed by atoms with van der Waals surface area (Å²) in [4.78, 5) is 15.6. The molecule has 1 unspecified atom stereocenters. The Morgan fingerprint density at radius 2 is 2.07 bits per heavy atom. The zero-order valence-corrected chi connectivity index (χ0v) is 16.5. The zero-order chi connectivity index (χ0) is 20.2. The maximum absolute atomic E-state index is 14.0. The van der Waals surface area contributed by atoms with Crippen molar-refractivity contribution < 1.29 is 18.1 Å². The van der Waals surface area contributed by atoms with Gasteiger partial charge in [0.15, 0.2) is 0 Å². The number of anilines is 1. The molecule has 0 spiro atoms. The van der Waals surface area contributed by atoms with Gasteiger partial charge in [0, 0.05) is 30.3 Å². The molecule has 1 atom stereocenters. The molecular weight excluding hydrogens is 393 g/mol. The number of nitrogens with one attached hydrogen (secondary N) is 1. The van der Waals surface area contributed by atoms with E-state index in [-0.39, 0.29) is 5.91 Å². The lowest BCUT2D eigenvalue weighted by Crippen LogP contribution is -2.18. The van der Waals surface area contributed by atoms with Crippen molar-refractivity contribution >= 4 is 22.4 Å². The number of imidazole rings is 1. The lowest BCUT2D eigenvalue weighted by atomic mass is 10.0. The molecule has 150 valence electrons. The van der Waals surface area contributed by atoms with Crippen molar-refractivity contribution in [2.75, 3.05) is 17.7 Å². The van der Waals surface area contributed by atoms with Gasteiger partial charge in [-0.1, -0.05) is 12.1 Å². The van der Waals surface area contributed by atoms with Crippen LogP contribution in [0.25, 0.3) is 5.69 Å². The quantitative estimate of drug-likeness (QED) is 0.602. The second-order valence-electron chi connectivity index (χ2n) is 6.65. The third kappa shape index (κ3) is 4.37. The molecule has 29 heavy (non-hydrogen) atoms. The molecular formula is C21H20FN3O3S. The Balaban J connectivity index is 1.33. The largest absolute Gasteiger partial charge is 0.494 e. The maximum Gasteiger partial charge on any atom is 0.224 e. The number of rotatable bonds is 7. The fourth-order valence-corrected chi connectivity index (χ4v) is 4.33. The number of halogens is 1. The van der Waals surface area contributed by atoms with Crippen molar-refractivity contribution in [3.63, 3.8) is 0 Å². The average molecular weight is 413 g/mol. The minimum absolute atomic E-state index is 0.0300. The van der Waals surface area contributed by atoms with Crippen LogP contribution in [0, 0.1) is 5.82 Å². The summed E-state index contributed by atoms with van der Waals surface area (Å²) in [7, 11) is -1.38. The summed E-state index contributed by atoms with van der Waals surface area (Å²) in [6, 6.07) is 11.9. The predicted octanol–water partition coefficient (Wildman–Crippen LogP) is 3.47. The summed E-state index contributed by atoms with van der Waals surface area (Å²) >= 11 is 0. The van der Waals surface area contributed by atoms with Crippen LogP contribution in [-0.2, 0) is 22.0 Å². The summed E-state index contributed by atoms with van der Waals surface area (Å²) in [6.45, 7) is 0.400. The summed E-state index contributed by atoms with van der Waals surface area (Å²) < 4.78 is 34.0. The van der Waals surface area contributed by atoms with E-state index in [1.165, 1.54) is 16.8 Å². The fourth-order valence-electron chi connectivity index (χ4n) is 3.21. The summed E-state index contributed by atoms with van der Waals surface area (Å²) in [5.74, 6) is 0.712. The van der Waals surface area contributed by atoms with Gasteiger partial charge in [-0.2, -0.15) is 0 Å². The summed E-state index contributed by atoms with van der Waals surface area (Å²) in [5, 5.41) is 3.16. The molecule has 0 fully saturated rings. The third-order valence-electron chi connectivity index (χ3n) is 4.64. The number of ether oxygens (including phenoxy) is 1. The van der Waals surface area contributed by atoms with E-state index in [4.69, 9.17) is 4.74 Å². The van der Waals surface area contributed by atoms with Crippen LogP contribution in [0.4, 0.5) is 10.1 Å². The standard InChI is InChI=1S/C21H20FN3O3S/c22-17-4-1-2-5-19(17)25-11-10-23-21(25)29(27)13-3-12-28-16-7-8-18-15(14-16)6-9-20(26)24-18/h1-2,4-5,7-8,10-11,14H,3,6,9,12-13H2,(H,24,26). The molecule has 2 heterocycles. The van der Waals surface area contributed by atoms with E-state index >= 15 is 0 Å². The number of nitrogens with zero attached hydrogens (tertiary/aromatic N) is 2. The topological polar surface area (TPSA) is 73.2 Å². The highest BCUT2D eigenvalue weighted by Crippen LogP contribution is 2.27. The number of aryl methyl sites for hydroxylation is 1. The van der Waals surface area contributed by atoms with Gasteiger partial charge in [0.1, 0.15) is 11.6 Å². The minimum atomic E-state index is -1.38. The van der Waals surface area contributed by atoms with Crippen molar-refractivity contribution in [3.8, 4) is 11.4 Å². The van der Waals surface area contributed by atoms with E-state index in [2.05, 4.69) is 10.3 Å². The van der Waals surface area contributed by atoms with Crippen LogP contribution in [0.15, 0.2) is 60.0 Å². The Bertz CT molecular complexity index is 1070. The van der Waals surface area contributed by atoms with Gasteiger partial charge < -0.3 is 10.1 Å². The van der Waals surface area contributed by atoms with Crippen LogP contribution >= 0.6 is 0 Å². The van der Waals surface area contributed by atoms with Gasteiger partial charge in [0.25, 0.3) is 0 Å². The maximum atomic E-state index is 14.0. The van der Waals surface area contributed by atoms with E-state index in [1.807, 2.05) is 18.2 Å². The number of hydrogen-bond acceptors (Lipinski definition) is 4. The number of carbonyl (C=O) groups is 1. The number of amides is 1. The van der Waals surface area contributed by atoms with Crippen molar-refractivity contribution in [1.82, 2.24) is 9.55 Å². The first kappa shape index (κ1) is 19.3. The van der Waals surface area contributed by atoms with Gasteiger partial charge in [-0.15, -0.1) is 0 Å². The molecule has 8 heteroatoms. The van der Waals surface area contributed by atoms with Gasteiger partial charge in [-0.25, -0.2) is 9.37 Å². The molecule has 6 nitrogen and oxygen atoms in total. The summed E-state index contributed by atoms with van der Waals surface area (Å²) in [5.41, 5.74) is 2.21. The number of carbonyl (C=O) groups excluding carboxylic acids is 1. The van der Waals surface area contributed by atoms with Crippen molar-refractivity contribution in [3.05, 3.63) is 66.2 Å². The highest BCUT2D eigenvalue weighted by Gasteiger charge is 2.16. The second-order valence-corrected chi connectivity index (χ2v) is 8.11. The molecule has 0 saturated heterocycles. The van der Waals surface area contributed by atoms with Gasteiger partial charge in [0.2, 0.25) is 11.1 Å². The monoisotopic (exact) mass is 413 g/mol. The Morgan fingerprint density at radius 3 is 2.93 bits per heavy atom. The van der Waals surface area contributed by atoms with E-state index < -0.39 is 16.6 Å². The predicted molar refractivity (Wildman–Crippen MR) is 108 cm³/mol. The first-order chi connectivity index (χ1) is 14.1. The van der Waals surface area contributed by atoms with Crippen LogP contribution in [0.1, 0.15) is 18.4 Å². The van der Waals surface area contributed by atoms with Crippen LogP contribution in [-0.4, -0.2) is 32.0 Å². The van der Waals surface area contributed by atoms with Crippen LogP contribution in [0.3, 0.4) is 0 Å². The fraction of sp³-hybridized carbons (Fsp3) is 0.238. The molecule has 0 radical (unpaired) electrons. The number of aromatic nitrogens is 2. The minimum Gasteiger partial charge on any atom is -0.494 e. The van der Waals surface area contributed by atoms with E-state index in [0.29, 0.717) is 42.5 Å². The Morgan fingerprint density at radius 1 is 1.21 bits per heavy atom. The van der Waals surface area contributed by atoms with Crippen LogP contribution in [0.5, 0.6) is 5.75 Å². The zero-order valence-electron chi connectivity index (χ0n) is 15.6. The molecule has 1 N–H and O–H groups in total. The molecule has 1 aliphatic rings. The molecule has 1 aromatic heterocycles. The van der Waals surface area contributed by atoms with E-state index in [9.17, 15) is 13.4 Å². The van der Waals surface area contributed by atoms with Gasteiger partial charge in [-0.3, -0.25) is 13.6 Å². The Kier molecular flexibility index (Phi) is 5.71. The third-order valence-corrected chi connectivity index (χ3v) is 6.01. The smallest absolute Gasteiger partial charge is 0.224 e. The molecule has 2 aromatic carbocycles. The Hall–Kier alpha value is -3.00. The van der Waals surface area contributed by atoms with Crippen molar-refractivity contribution in [1.29, 1.82) is 0 Å². The summed E-state index contributed by atoms with van der Waals surface area (Å²) in [6.07, 6.45) is 4.85. The van der Waals surface area contributed by atoms with Gasteiger partial charge in [0.05, 0.1) is 23.1 Å². The lowest BCUT2D eigenvalue weighted by Gasteiger charge is -2.17. The van der Waals surface area contributed by atoms with Gasteiger partial charge in [-0.05, 0) is 48.7 Å². The van der Waals surface area contributed by atoms with Crippen LogP contribution in [0.2, 0.25) is 0 Å².